The first-order valence-corrected chi connectivity index (χ1v) is 6.50. The van der Waals surface area contributed by atoms with Crippen LogP contribution >= 0.6 is 0 Å². The van der Waals surface area contributed by atoms with Gasteiger partial charge in [-0.1, -0.05) is 19.4 Å². The third-order valence-corrected chi connectivity index (χ3v) is 3.60. The Kier molecular flexibility index (Phi) is 3.68. The van der Waals surface area contributed by atoms with Crippen LogP contribution in [0.5, 0.6) is 0 Å². The van der Waals surface area contributed by atoms with E-state index < -0.39 is 0 Å². The molecule has 1 unspecified atom stereocenters. The second-order valence-corrected chi connectivity index (χ2v) is 5.02. The first-order valence-electron chi connectivity index (χ1n) is 6.50. The maximum Gasteiger partial charge on any atom is 0.101 e. The number of aryl methyl sites for hydroxylation is 1. The van der Waals surface area contributed by atoms with Gasteiger partial charge < -0.3 is 4.90 Å². The third-order valence-electron chi connectivity index (χ3n) is 3.60. The van der Waals surface area contributed by atoms with Gasteiger partial charge in [-0.3, -0.25) is 0 Å². The summed E-state index contributed by atoms with van der Waals surface area (Å²) in [5, 5.41) is 9.20. The van der Waals surface area contributed by atoms with Crippen molar-refractivity contribution in [1.29, 1.82) is 5.26 Å². The lowest BCUT2D eigenvalue weighted by Crippen LogP contribution is -2.20. The van der Waals surface area contributed by atoms with Gasteiger partial charge in [-0.15, -0.1) is 0 Å². The van der Waals surface area contributed by atoms with Crippen LogP contribution in [-0.4, -0.2) is 13.1 Å². The van der Waals surface area contributed by atoms with Crippen LogP contribution in [0.25, 0.3) is 0 Å². The summed E-state index contributed by atoms with van der Waals surface area (Å²) >= 11 is 0. The van der Waals surface area contributed by atoms with Gasteiger partial charge in [0.15, 0.2) is 0 Å². The Labute approximate surface area is 104 Å². The number of hydrogen-bond donors (Lipinski definition) is 0. The molecule has 0 aromatic heterocycles. The van der Waals surface area contributed by atoms with E-state index in [1.807, 2.05) is 13.0 Å². The number of nitrogens with zero attached hydrogens (tertiary/aromatic N) is 2. The van der Waals surface area contributed by atoms with Gasteiger partial charge in [-0.2, -0.15) is 5.26 Å². The van der Waals surface area contributed by atoms with Crippen LogP contribution < -0.4 is 4.90 Å². The van der Waals surface area contributed by atoms with Crippen molar-refractivity contribution in [1.82, 2.24) is 0 Å². The third kappa shape index (κ3) is 2.61. The summed E-state index contributed by atoms with van der Waals surface area (Å²) in [6.45, 7) is 6.50. The summed E-state index contributed by atoms with van der Waals surface area (Å²) in [6, 6.07) is 8.51. The molecule has 1 fully saturated rings. The summed E-state index contributed by atoms with van der Waals surface area (Å²) in [5.74, 6) is 0.813. The highest BCUT2D eigenvalue weighted by molar-refractivity contribution is 5.60. The van der Waals surface area contributed by atoms with E-state index in [0.29, 0.717) is 0 Å². The van der Waals surface area contributed by atoms with Crippen molar-refractivity contribution in [3.63, 3.8) is 0 Å². The zero-order valence-electron chi connectivity index (χ0n) is 10.7. The SMILES string of the molecule is CCCC1CCN(c2ccc(C)cc2C#N)C1. The Morgan fingerprint density at radius 1 is 1.47 bits per heavy atom. The maximum atomic E-state index is 9.20. The van der Waals surface area contributed by atoms with E-state index in [9.17, 15) is 5.26 Å². The van der Waals surface area contributed by atoms with Gasteiger partial charge in [0, 0.05) is 13.1 Å². The van der Waals surface area contributed by atoms with Crippen LogP contribution in [0.3, 0.4) is 0 Å². The van der Waals surface area contributed by atoms with E-state index >= 15 is 0 Å². The van der Waals surface area contributed by atoms with Crippen LogP contribution in [-0.2, 0) is 0 Å². The van der Waals surface area contributed by atoms with Gasteiger partial charge in [-0.05, 0) is 43.4 Å². The summed E-state index contributed by atoms with van der Waals surface area (Å²) in [6.07, 6.45) is 3.84. The molecule has 2 heteroatoms. The molecule has 2 rings (SSSR count). The van der Waals surface area contributed by atoms with E-state index in [2.05, 4.69) is 30.0 Å². The van der Waals surface area contributed by atoms with Crippen LogP contribution in [0.2, 0.25) is 0 Å². The van der Waals surface area contributed by atoms with Crippen molar-refractivity contribution in [3.8, 4) is 6.07 Å². The van der Waals surface area contributed by atoms with E-state index in [-0.39, 0.29) is 0 Å². The lowest BCUT2D eigenvalue weighted by Gasteiger charge is -2.20. The summed E-state index contributed by atoms with van der Waals surface area (Å²) in [7, 11) is 0. The molecular formula is C15H20N2. The standard InChI is InChI=1S/C15H20N2/c1-3-4-13-7-8-17(11-13)15-6-5-12(2)9-14(15)10-16/h5-6,9,13H,3-4,7-8,11H2,1-2H3. The monoisotopic (exact) mass is 228 g/mol. The minimum atomic E-state index is 0.813. The van der Waals surface area contributed by atoms with Gasteiger partial charge in [0.05, 0.1) is 11.3 Å². The molecule has 17 heavy (non-hydrogen) atoms. The molecule has 0 bridgehead atoms. The number of rotatable bonds is 3. The van der Waals surface area contributed by atoms with Crippen molar-refractivity contribution in [2.75, 3.05) is 18.0 Å². The van der Waals surface area contributed by atoms with Crippen molar-refractivity contribution in [2.24, 2.45) is 5.92 Å². The quantitative estimate of drug-likeness (QED) is 0.791. The molecule has 2 nitrogen and oxygen atoms in total. The van der Waals surface area contributed by atoms with Gasteiger partial charge >= 0.3 is 0 Å². The number of benzene rings is 1. The molecule has 1 aromatic rings. The van der Waals surface area contributed by atoms with Gasteiger partial charge in [0.25, 0.3) is 0 Å². The Balaban J connectivity index is 2.16. The maximum absolute atomic E-state index is 9.20. The highest BCUT2D eigenvalue weighted by Crippen LogP contribution is 2.29. The molecule has 0 aliphatic carbocycles. The first-order chi connectivity index (χ1) is 8.24. The van der Waals surface area contributed by atoms with Crippen molar-refractivity contribution >= 4 is 5.69 Å². The van der Waals surface area contributed by atoms with Crippen molar-refractivity contribution in [3.05, 3.63) is 29.3 Å². The first kappa shape index (κ1) is 12.0. The second kappa shape index (κ2) is 5.23. The van der Waals surface area contributed by atoms with Gasteiger partial charge in [-0.25, -0.2) is 0 Å². The normalized spacial score (nSPS) is 19.4. The molecule has 0 spiro atoms. The molecule has 0 N–H and O–H groups in total. The van der Waals surface area contributed by atoms with Gasteiger partial charge in [0.1, 0.15) is 6.07 Å². The largest absolute Gasteiger partial charge is 0.370 e. The Morgan fingerprint density at radius 2 is 2.29 bits per heavy atom. The smallest absolute Gasteiger partial charge is 0.101 e. The average Bonchev–Trinajstić information content (AvgIpc) is 2.78. The van der Waals surface area contributed by atoms with Crippen LogP contribution in [0, 0.1) is 24.2 Å². The predicted molar refractivity (Wildman–Crippen MR) is 71.1 cm³/mol. The van der Waals surface area contributed by atoms with Crippen LogP contribution in [0.4, 0.5) is 5.69 Å². The van der Waals surface area contributed by atoms with E-state index in [1.54, 1.807) is 0 Å². The molecule has 0 saturated carbocycles. The lowest BCUT2D eigenvalue weighted by atomic mass is 10.0. The fourth-order valence-corrected chi connectivity index (χ4v) is 2.71. The van der Waals surface area contributed by atoms with Crippen LogP contribution in [0.1, 0.15) is 37.3 Å². The molecule has 1 aliphatic rings. The predicted octanol–water partition coefficient (Wildman–Crippen LogP) is 3.49. The molecular weight excluding hydrogens is 208 g/mol. The van der Waals surface area contributed by atoms with Crippen molar-refractivity contribution < 1.29 is 0 Å². The minimum Gasteiger partial charge on any atom is -0.370 e. The Bertz CT molecular complexity index is 431. The number of nitriles is 1. The fourth-order valence-electron chi connectivity index (χ4n) is 2.71. The minimum absolute atomic E-state index is 0.813. The molecule has 90 valence electrons. The van der Waals surface area contributed by atoms with Crippen LogP contribution in [0.15, 0.2) is 18.2 Å². The van der Waals surface area contributed by atoms with E-state index in [4.69, 9.17) is 0 Å². The molecule has 1 saturated heterocycles. The highest BCUT2D eigenvalue weighted by Gasteiger charge is 2.23. The number of hydrogen-bond acceptors (Lipinski definition) is 2. The molecule has 1 heterocycles. The second-order valence-electron chi connectivity index (χ2n) is 5.02. The topological polar surface area (TPSA) is 27.0 Å². The molecule has 1 atom stereocenters. The zero-order chi connectivity index (χ0) is 12.3. The van der Waals surface area contributed by atoms with Gasteiger partial charge in [0.2, 0.25) is 0 Å². The summed E-state index contributed by atoms with van der Waals surface area (Å²) in [4.78, 5) is 2.37. The van der Waals surface area contributed by atoms with Crippen molar-refractivity contribution in [2.45, 2.75) is 33.1 Å². The fraction of sp³-hybridized carbons (Fsp3) is 0.533. The molecule has 0 radical (unpaired) electrons. The highest BCUT2D eigenvalue weighted by atomic mass is 15.2. The summed E-state index contributed by atoms with van der Waals surface area (Å²) in [5.41, 5.74) is 3.11. The summed E-state index contributed by atoms with van der Waals surface area (Å²) < 4.78 is 0. The molecule has 1 aliphatic heterocycles. The molecule has 1 aromatic carbocycles. The zero-order valence-corrected chi connectivity index (χ0v) is 10.7. The Hall–Kier alpha value is -1.49. The average molecular weight is 228 g/mol. The molecule has 0 amide bonds. The lowest BCUT2D eigenvalue weighted by molar-refractivity contribution is 0.530. The van der Waals surface area contributed by atoms with E-state index in [0.717, 1.165) is 35.8 Å². The van der Waals surface area contributed by atoms with E-state index in [1.165, 1.54) is 19.3 Å². The Morgan fingerprint density at radius 3 is 3.00 bits per heavy atom. The number of anilines is 1.